The third-order valence-electron chi connectivity index (χ3n) is 3.45. The molecular formula is C18H18N4OS2. The van der Waals surface area contributed by atoms with E-state index >= 15 is 0 Å². The van der Waals surface area contributed by atoms with E-state index in [0.717, 1.165) is 26.6 Å². The second-order valence-corrected chi connectivity index (χ2v) is 7.68. The summed E-state index contributed by atoms with van der Waals surface area (Å²) in [6.07, 6.45) is 0. The topological polar surface area (TPSA) is 66.9 Å². The first-order chi connectivity index (χ1) is 12.1. The summed E-state index contributed by atoms with van der Waals surface area (Å²) in [5.41, 5.74) is 4.20. The van der Waals surface area contributed by atoms with Gasteiger partial charge in [-0.1, -0.05) is 53.4 Å². The zero-order valence-electron chi connectivity index (χ0n) is 13.9. The Labute approximate surface area is 154 Å². The minimum absolute atomic E-state index is 0.0945. The van der Waals surface area contributed by atoms with E-state index in [-0.39, 0.29) is 5.91 Å². The molecule has 0 bridgehead atoms. The number of nitrogens with one attached hydrogen (secondary N) is 2. The summed E-state index contributed by atoms with van der Waals surface area (Å²) in [6.45, 7) is 3.61. The van der Waals surface area contributed by atoms with Gasteiger partial charge in [-0.05, 0) is 36.2 Å². The third-order valence-corrected chi connectivity index (χ3v) is 5.47. The highest BCUT2D eigenvalue weighted by Crippen LogP contribution is 2.30. The predicted octanol–water partition coefficient (Wildman–Crippen LogP) is 4.84. The first-order valence-corrected chi connectivity index (χ1v) is 9.56. The van der Waals surface area contributed by atoms with Crippen LogP contribution in [0.5, 0.6) is 0 Å². The van der Waals surface area contributed by atoms with Crippen molar-refractivity contribution in [1.29, 1.82) is 0 Å². The molecule has 1 heterocycles. The number of carbonyl (C=O) groups is 1. The predicted molar refractivity (Wildman–Crippen MR) is 105 cm³/mol. The molecule has 0 atom stereocenters. The van der Waals surface area contributed by atoms with E-state index < -0.39 is 0 Å². The van der Waals surface area contributed by atoms with Crippen LogP contribution in [0.15, 0.2) is 52.9 Å². The van der Waals surface area contributed by atoms with Crippen LogP contribution in [0.25, 0.3) is 0 Å². The molecule has 0 unspecified atom stereocenters. The highest BCUT2D eigenvalue weighted by molar-refractivity contribution is 8.00. The molecule has 2 N–H and O–H groups in total. The highest BCUT2D eigenvalue weighted by atomic mass is 32.2. The number of benzene rings is 2. The molecule has 5 nitrogen and oxygen atoms in total. The monoisotopic (exact) mass is 370 g/mol. The van der Waals surface area contributed by atoms with Gasteiger partial charge in [-0.3, -0.25) is 4.79 Å². The molecule has 0 fully saturated rings. The molecule has 25 heavy (non-hydrogen) atoms. The van der Waals surface area contributed by atoms with E-state index in [9.17, 15) is 4.79 Å². The molecule has 7 heteroatoms. The number of hydrogen-bond donors (Lipinski definition) is 2. The van der Waals surface area contributed by atoms with Crippen LogP contribution in [0.4, 0.5) is 16.5 Å². The summed E-state index contributed by atoms with van der Waals surface area (Å²) in [6, 6.07) is 15.9. The molecular weight excluding hydrogens is 352 g/mol. The van der Waals surface area contributed by atoms with Gasteiger partial charge in [0.05, 0.1) is 0 Å². The molecule has 3 aromatic rings. The number of nitrogens with zero attached hydrogens (tertiary/aromatic N) is 2. The zero-order valence-corrected chi connectivity index (χ0v) is 15.6. The fraction of sp³-hybridized carbons (Fsp3) is 0.167. The number of thioether (sulfide) groups is 1. The van der Waals surface area contributed by atoms with E-state index in [1.165, 1.54) is 29.4 Å². The minimum atomic E-state index is -0.0945. The van der Waals surface area contributed by atoms with Crippen LogP contribution in [0.1, 0.15) is 18.1 Å². The van der Waals surface area contributed by atoms with Gasteiger partial charge in [-0.2, -0.15) is 0 Å². The van der Waals surface area contributed by atoms with E-state index in [4.69, 9.17) is 0 Å². The van der Waals surface area contributed by atoms with E-state index in [0.29, 0.717) is 0 Å². The van der Waals surface area contributed by atoms with Gasteiger partial charge in [0.1, 0.15) is 0 Å². The molecule has 0 aliphatic carbocycles. The molecule has 0 spiro atoms. The summed E-state index contributed by atoms with van der Waals surface area (Å²) in [5.74, 6) is 0.780. The Morgan fingerprint density at radius 2 is 1.92 bits per heavy atom. The normalized spacial score (nSPS) is 10.5. The molecule has 128 valence electrons. The minimum Gasteiger partial charge on any atom is -0.330 e. The Morgan fingerprint density at radius 1 is 1.12 bits per heavy atom. The van der Waals surface area contributed by atoms with Gasteiger partial charge >= 0.3 is 0 Å². The summed E-state index contributed by atoms with van der Waals surface area (Å²) >= 11 is 3.19. The maximum atomic E-state index is 11.1. The van der Waals surface area contributed by atoms with Crippen molar-refractivity contribution in [3.8, 4) is 0 Å². The summed E-state index contributed by atoms with van der Waals surface area (Å²) < 4.78 is 0.920. The molecule has 0 saturated heterocycles. The molecule has 0 aliphatic rings. The maximum Gasteiger partial charge on any atom is 0.221 e. The maximum absolute atomic E-state index is 11.1. The Kier molecular flexibility index (Phi) is 5.67. The number of aryl methyl sites for hydroxylation is 1. The lowest BCUT2D eigenvalue weighted by Crippen LogP contribution is -2.05. The third kappa shape index (κ3) is 5.04. The van der Waals surface area contributed by atoms with Crippen molar-refractivity contribution >= 4 is 45.5 Å². The largest absolute Gasteiger partial charge is 0.330 e. The summed E-state index contributed by atoms with van der Waals surface area (Å²) in [7, 11) is 0. The quantitative estimate of drug-likeness (QED) is 0.608. The van der Waals surface area contributed by atoms with Crippen molar-refractivity contribution in [2.75, 3.05) is 10.6 Å². The van der Waals surface area contributed by atoms with Crippen molar-refractivity contribution < 1.29 is 4.79 Å². The molecule has 1 amide bonds. The Morgan fingerprint density at radius 3 is 2.72 bits per heavy atom. The van der Waals surface area contributed by atoms with Crippen LogP contribution in [0, 0.1) is 6.92 Å². The van der Waals surface area contributed by atoms with Gasteiger partial charge in [0, 0.05) is 24.1 Å². The lowest BCUT2D eigenvalue weighted by Gasteiger charge is -2.05. The molecule has 0 radical (unpaired) electrons. The van der Waals surface area contributed by atoms with E-state index in [2.05, 4.69) is 46.0 Å². The number of anilines is 3. The van der Waals surface area contributed by atoms with Crippen LogP contribution in [-0.4, -0.2) is 16.1 Å². The van der Waals surface area contributed by atoms with Crippen molar-refractivity contribution in [2.45, 2.75) is 23.9 Å². The van der Waals surface area contributed by atoms with Crippen LogP contribution in [0.2, 0.25) is 0 Å². The van der Waals surface area contributed by atoms with Crippen molar-refractivity contribution in [2.24, 2.45) is 0 Å². The van der Waals surface area contributed by atoms with E-state index in [1.807, 2.05) is 30.3 Å². The molecule has 3 rings (SSSR count). The number of hydrogen-bond acceptors (Lipinski definition) is 6. The van der Waals surface area contributed by atoms with Gasteiger partial charge in [0.2, 0.25) is 11.0 Å². The van der Waals surface area contributed by atoms with Gasteiger partial charge in [0.25, 0.3) is 0 Å². The average Bonchev–Trinajstić information content (AvgIpc) is 3.01. The fourth-order valence-electron chi connectivity index (χ4n) is 2.23. The number of aromatic nitrogens is 2. The highest BCUT2D eigenvalue weighted by Gasteiger charge is 2.07. The second kappa shape index (κ2) is 8.13. The smallest absolute Gasteiger partial charge is 0.221 e. The van der Waals surface area contributed by atoms with Crippen molar-refractivity contribution in [3.63, 3.8) is 0 Å². The fourth-order valence-corrected chi connectivity index (χ4v) is 4.08. The lowest BCUT2D eigenvalue weighted by atomic mass is 10.1. The van der Waals surface area contributed by atoms with Crippen LogP contribution < -0.4 is 10.6 Å². The average molecular weight is 371 g/mol. The summed E-state index contributed by atoms with van der Waals surface area (Å²) in [5, 5.41) is 15.1. The van der Waals surface area contributed by atoms with E-state index in [1.54, 1.807) is 11.8 Å². The zero-order chi connectivity index (χ0) is 17.6. The molecule has 1 aromatic heterocycles. The molecule has 0 aliphatic heterocycles. The van der Waals surface area contributed by atoms with Gasteiger partial charge in [0.15, 0.2) is 4.34 Å². The number of rotatable bonds is 6. The molecule has 0 saturated carbocycles. The Balaban J connectivity index is 1.62. The van der Waals surface area contributed by atoms with Gasteiger partial charge < -0.3 is 10.6 Å². The number of amides is 1. The standard InChI is InChI=1S/C18H18N4OS2/c1-12-6-3-4-7-14(12)11-24-18-22-21-17(25-18)20-16-9-5-8-15(10-16)19-13(2)23/h3-10H,11H2,1-2H3,(H,19,23)(H,20,21). The first kappa shape index (κ1) is 17.4. The first-order valence-electron chi connectivity index (χ1n) is 7.75. The Hall–Kier alpha value is -2.38. The van der Waals surface area contributed by atoms with Crippen molar-refractivity contribution in [1.82, 2.24) is 10.2 Å². The van der Waals surface area contributed by atoms with Crippen LogP contribution in [-0.2, 0) is 10.5 Å². The van der Waals surface area contributed by atoms with Gasteiger partial charge in [-0.15, -0.1) is 10.2 Å². The van der Waals surface area contributed by atoms with Crippen LogP contribution >= 0.6 is 23.1 Å². The van der Waals surface area contributed by atoms with Gasteiger partial charge in [-0.25, -0.2) is 0 Å². The lowest BCUT2D eigenvalue weighted by molar-refractivity contribution is -0.114. The molecule has 2 aromatic carbocycles. The second-order valence-electron chi connectivity index (χ2n) is 5.48. The SMILES string of the molecule is CC(=O)Nc1cccc(Nc2nnc(SCc3ccccc3C)s2)c1. The summed E-state index contributed by atoms with van der Waals surface area (Å²) in [4.78, 5) is 11.1. The Bertz CT molecular complexity index is 879. The van der Waals surface area contributed by atoms with Crippen molar-refractivity contribution in [3.05, 3.63) is 59.7 Å². The number of carbonyl (C=O) groups excluding carboxylic acids is 1. The van der Waals surface area contributed by atoms with Crippen LogP contribution in [0.3, 0.4) is 0 Å².